The molecule has 140 valence electrons. The normalized spacial score (nSPS) is 11.4. The second-order valence-corrected chi connectivity index (χ2v) is 7.69. The van der Waals surface area contributed by atoms with Crippen molar-refractivity contribution in [3.05, 3.63) is 76.3 Å². The van der Waals surface area contributed by atoms with Crippen LogP contribution in [-0.4, -0.2) is 23.9 Å². The predicted molar refractivity (Wildman–Crippen MR) is 94.6 cm³/mol. The van der Waals surface area contributed by atoms with E-state index in [0.717, 1.165) is 23.2 Å². The number of rotatable bonds is 4. The Hall–Kier alpha value is -2.49. The summed E-state index contributed by atoms with van der Waals surface area (Å²) in [5.41, 5.74) is -0.416. The second kappa shape index (κ2) is 7.26. The quantitative estimate of drug-likeness (QED) is 0.640. The predicted octanol–water partition coefficient (Wildman–Crippen LogP) is 3.58. The lowest BCUT2D eigenvalue weighted by Crippen LogP contribution is -2.31. The van der Waals surface area contributed by atoms with E-state index in [1.165, 1.54) is 24.3 Å². The van der Waals surface area contributed by atoms with Gasteiger partial charge in [-0.1, -0.05) is 35.3 Å². The molecule has 0 aliphatic rings. The van der Waals surface area contributed by atoms with Gasteiger partial charge in [0.25, 0.3) is 15.9 Å². The molecule has 0 fully saturated rings. The van der Waals surface area contributed by atoms with Crippen LogP contribution in [0.2, 0.25) is 10.0 Å². The summed E-state index contributed by atoms with van der Waals surface area (Å²) in [6.45, 7) is 0. The summed E-state index contributed by atoms with van der Waals surface area (Å²) in [6, 6.07) is 7.11. The summed E-state index contributed by atoms with van der Waals surface area (Å²) in [7, 11) is -4.24. The van der Waals surface area contributed by atoms with E-state index in [9.17, 15) is 22.0 Å². The van der Waals surface area contributed by atoms with Crippen molar-refractivity contribution in [2.75, 3.05) is 0 Å². The average molecular weight is 432 g/mol. The van der Waals surface area contributed by atoms with Crippen LogP contribution in [0, 0.1) is 11.6 Å². The van der Waals surface area contributed by atoms with E-state index in [2.05, 4.69) is 4.98 Å². The van der Waals surface area contributed by atoms with Crippen LogP contribution >= 0.6 is 23.2 Å². The Balaban J connectivity index is 1.89. The molecule has 6 nitrogen and oxygen atoms in total. The van der Waals surface area contributed by atoms with Crippen molar-refractivity contribution in [1.82, 2.24) is 14.3 Å². The highest BCUT2D eigenvalue weighted by Crippen LogP contribution is 2.25. The van der Waals surface area contributed by atoms with Gasteiger partial charge in [-0.25, -0.2) is 26.9 Å². The number of benzene rings is 2. The third kappa shape index (κ3) is 3.95. The molecular formula is C16H9Cl2F2N3O3S. The molecule has 3 rings (SSSR count). The second-order valence-electron chi connectivity index (χ2n) is 5.25. The zero-order valence-corrected chi connectivity index (χ0v) is 15.5. The zero-order chi connectivity index (χ0) is 19.8. The third-order valence-corrected chi connectivity index (χ3v) is 5.63. The van der Waals surface area contributed by atoms with Crippen molar-refractivity contribution >= 4 is 39.1 Å². The number of nitrogens with one attached hydrogen (secondary N) is 1. The highest BCUT2D eigenvalue weighted by atomic mass is 35.5. The first-order valence-corrected chi connectivity index (χ1v) is 9.43. The molecule has 1 aromatic heterocycles. The van der Waals surface area contributed by atoms with Gasteiger partial charge in [0.2, 0.25) is 0 Å². The number of nitrogens with zero attached hydrogens (tertiary/aromatic N) is 2. The van der Waals surface area contributed by atoms with Crippen LogP contribution < -0.4 is 4.72 Å². The van der Waals surface area contributed by atoms with Crippen molar-refractivity contribution in [1.29, 1.82) is 0 Å². The molecule has 0 aliphatic carbocycles. The molecule has 27 heavy (non-hydrogen) atoms. The van der Waals surface area contributed by atoms with E-state index in [4.69, 9.17) is 23.2 Å². The first-order chi connectivity index (χ1) is 12.7. The number of halogens is 4. The maximum absolute atomic E-state index is 13.6. The molecule has 1 N–H and O–H groups in total. The monoisotopic (exact) mass is 431 g/mol. The standard InChI is InChI=1S/C16H9Cl2F2N3O3S/c17-10-3-1-2-4-14(10)27(25,26)22-16(24)12-7-23(8-21-12)13-6-9(19)5-11(20)15(13)18/h1-8H,(H,22,24). The smallest absolute Gasteiger partial charge is 0.285 e. The third-order valence-electron chi connectivity index (χ3n) is 3.42. The number of hydrogen-bond donors (Lipinski definition) is 1. The van der Waals surface area contributed by atoms with Gasteiger partial charge in [-0.2, -0.15) is 0 Å². The Morgan fingerprint density at radius 1 is 1.15 bits per heavy atom. The minimum Gasteiger partial charge on any atom is -0.304 e. The molecule has 0 spiro atoms. The fraction of sp³-hybridized carbons (Fsp3) is 0. The Kier molecular flexibility index (Phi) is 5.18. The highest BCUT2D eigenvalue weighted by Gasteiger charge is 2.23. The van der Waals surface area contributed by atoms with Crippen molar-refractivity contribution in [3.63, 3.8) is 0 Å². The van der Waals surface area contributed by atoms with Gasteiger partial charge in [0.1, 0.15) is 33.6 Å². The topological polar surface area (TPSA) is 81.1 Å². The minimum atomic E-state index is -4.24. The molecule has 0 unspecified atom stereocenters. The van der Waals surface area contributed by atoms with Crippen molar-refractivity contribution in [2.45, 2.75) is 4.90 Å². The minimum absolute atomic E-state index is 0.0645. The zero-order valence-electron chi connectivity index (χ0n) is 13.2. The summed E-state index contributed by atoms with van der Waals surface area (Å²) in [5.74, 6) is -2.93. The molecule has 0 bridgehead atoms. The number of hydrogen-bond acceptors (Lipinski definition) is 4. The Bertz CT molecular complexity index is 1150. The summed E-state index contributed by atoms with van der Waals surface area (Å²) < 4.78 is 54.4. The lowest BCUT2D eigenvalue weighted by atomic mass is 10.3. The number of amides is 1. The Morgan fingerprint density at radius 3 is 2.56 bits per heavy atom. The maximum atomic E-state index is 13.6. The molecule has 0 atom stereocenters. The number of carbonyl (C=O) groups excluding carboxylic acids is 1. The van der Waals surface area contributed by atoms with Gasteiger partial charge >= 0.3 is 0 Å². The lowest BCUT2D eigenvalue weighted by Gasteiger charge is -2.07. The van der Waals surface area contributed by atoms with Gasteiger partial charge < -0.3 is 4.57 Å². The van der Waals surface area contributed by atoms with Crippen molar-refractivity contribution in [3.8, 4) is 5.69 Å². The number of imidazole rings is 1. The largest absolute Gasteiger partial charge is 0.304 e. The van der Waals surface area contributed by atoms with E-state index in [0.29, 0.717) is 6.07 Å². The molecule has 0 aliphatic heterocycles. The van der Waals surface area contributed by atoms with Crippen LogP contribution in [-0.2, 0) is 10.0 Å². The van der Waals surface area contributed by atoms with Gasteiger partial charge in [0.15, 0.2) is 0 Å². The van der Waals surface area contributed by atoms with E-state index in [1.54, 1.807) is 0 Å². The van der Waals surface area contributed by atoms with Crippen LogP contribution in [0.4, 0.5) is 8.78 Å². The number of aromatic nitrogens is 2. The van der Waals surface area contributed by atoms with Crippen LogP contribution in [0.25, 0.3) is 5.69 Å². The van der Waals surface area contributed by atoms with E-state index in [-0.39, 0.29) is 26.3 Å². The summed E-state index contributed by atoms with van der Waals surface area (Å²) in [5, 5.41) is -0.449. The van der Waals surface area contributed by atoms with Crippen LogP contribution in [0.3, 0.4) is 0 Å². The molecule has 3 aromatic rings. The molecule has 2 aromatic carbocycles. The summed E-state index contributed by atoms with van der Waals surface area (Å²) >= 11 is 11.6. The molecule has 1 amide bonds. The summed E-state index contributed by atoms with van der Waals surface area (Å²) in [4.78, 5) is 15.7. The Labute approximate surface area is 162 Å². The van der Waals surface area contributed by atoms with Crippen LogP contribution in [0.5, 0.6) is 0 Å². The van der Waals surface area contributed by atoms with Gasteiger partial charge in [0.05, 0.1) is 10.7 Å². The molecule has 0 saturated carbocycles. The fourth-order valence-corrected chi connectivity index (χ4v) is 3.88. The van der Waals surface area contributed by atoms with Crippen LogP contribution in [0.1, 0.15) is 10.5 Å². The highest BCUT2D eigenvalue weighted by molar-refractivity contribution is 7.90. The average Bonchev–Trinajstić information content (AvgIpc) is 3.08. The molecule has 0 radical (unpaired) electrons. The van der Waals surface area contributed by atoms with E-state index < -0.39 is 27.6 Å². The van der Waals surface area contributed by atoms with Crippen molar-refractivity contribution in [2.24, 2.45) is 0 Å². The first kappa shape index (κ1) is 19.3. The number of carbonyl (C=O) groups is 1. The Morgan fingerprint density at radius 2 is 1.85 bits per heavy atom. The lowest BCUT2D eigenvalue weighted by molar-refractivity contribution is 0.0977. The maximum Gasteiger partial charge on any atom is 0.285 e. The van der Waals surface area contributed by atoms with Crippen molar-refractivity contribution < 1.29 is 22.0 Å². The molecular weight excluding hydrogens is 423 g/mol. The first-order valence-electron chi connectivity index (χ1n) is 7.19. The van der Waals surface area contributed by atoms with Gasteiger partial charge in [-0.05, 0) is 18.2 Å². The van der Waals surface area contributed by atoms with E-state index in [1.807, 2.05) is 4.72 Å². The van der Waals surface area contributed by atoms with Gasteiger partial charge in [-0.3, -0.25) is 4.79 Å². The number of sulfonamides is 1. The molecule has 0 saturated heterocycles. The van der Waals surface area contributed by atoms with Crippen LogP contribution in [0.15, 0.2) is 53.8 Å². The summed E-state index contributed by atoms with van der Waals surface area (Å²) in [6.07, 6.45) is 2.15. The fourth-order valence-electron chi connectivity index (χ4n) is 2.19. The molecule has 1 heterocycles. The molecule has 11 heteroatoms. The van der Waals surface area contributed by atoms with Gasteiger partial charge in [-0.15, -0.1) is 0 Å². The van der Waals surface area contributed by atoms with Gasteiger partial charge in [0, 0.05) is 12.3 Å². The van der Waals surface area contributed by atoms with E-state index >= 15 is 0 Å². The SMILES string of the molecule is O=C(NS(=O)(=O)c1ccccc1Cl)c1cn(-c2cc(F)cc(F)c2Cl)cn1.